The Hall–Kier alpha value is -0.120. The van der Waals surface area contributed by atoms with Gasteiger partial charge in [0.15, 0.2) is 0 Å². The average Bonchev–Trinajstić information content (AvgIpc) is 2.70. The molecule has 1 aliphatic heterocycles. The lowest BCUT2D eigenvalue weighted by Crippen LogP contribution is -2.47. The third-order valence-corrected chi connectivity index (χ3v) is 4.41. The molecule has 1 aliphatic carbocycles. The number of rotatable bonds is 3. The molecule has 94 valence electrons. The van der Waals surface area contributed by atoms with Crippen molar-refractivity contribution in [2.45, 2.75) is 57.1 Å². The molecule has 3 nitrogen and oxygen atoms in total. The van der Waals surface area contributed by atoms with Crippen LogP contribution in [0.3, 0.4) is 0 Å². The number of aliphatic hydroxyl groups excluding tert-OH is 1. The second kappa shape index (κ2) is 5.03. The lowest BCUT2D eigenvalue weighted by Gasteiger charge is -2.39. The minimum atomic E-state index is -0.482. The van der Waals surface area contributed by atoms with Crippen molar-refractivity contribution in [3.05, 3.63) is 0 Å². The van der Waals surface area contributed by atoms with E-state index in [1.54, 1.807) is 0 Å². The van der Waals surface area contributed by atoms with Crippen LogP contribution in [0, 0.1) is 5.92 Å². The molecule has 2 rings (SSSR count). The van der Waals surface area contributed by atoms with Crippen LogP contribution >= 0.6 is 0 Å². The minimum absolute atomic E-state index is 0.243. The zero-order valence-corrected chi connectivity index (χ0v) is 10.4. The van der Waals surface area contributed by atoms with E-state index in [1.165, 1.54) is 0 Å². The summed E-state index contributed by atoms with van der Waals surface area (Å²) in [5, 5.41) is 19.8. The van der Waals surface area contributed by atoms with Crippen LogP contribution in [0.1, 0.15) is 45.4 Å². The van der Waals surface area contributed by atoms with Crippen molar-refractivity contribution in [1.29, 1.82) is 0 Å². The van der Waals surface area contributed by atoms with Crippen LogP contribution in [-0.4, -0.2) is 46.5 Å². The second-order valence-electron chi connectivity index (χ2n) is 5.86. The van der Waals surface area contributed by atoms with Gasteiger partial charge >= 0.3 is 0 Å². The maximum atomic E-state index is 10.5. The smallest absolute Gasteiger partial charge is 0.0774 e. The second-order valence-corrected chi connectivity index (χ2v) is 5.86. The number of hydrogen-bond donors (Lipinski definition) is 2. The van der Waals surface area contributed by atoms with E-state index >= 15 is 0 Å². The molecule has 16 heavy (non-hydrogen) atoms. The molecule has 3 heteroatoms. The number of nitrogens with zero attached hydrogens (tertiary/aromatic N) is 1. The zero-order valence-electron chi connectivity index (χ0n) is 10.4. The molecule has 1 saturated heterocycles. The van der Waals surface area contributed by atoms with E-state index in [2.05, 4.69) is 11.8 Å². The largest absolute Gasteiger partial charge is 0.395 e. The van der Waals surface area contributed by atoms with Crippen molar-refractivity contribution in [3.8, 4) is 0 Å². The maximum absolute atomic E-state index is 10.5. The van der Waals surface area contributed by atoms with Crippen molar-refractivity contribution in [2.75, 3.05) is 19.7 Å². The Morgan fingerprint density at radius 1 is 1.25 bits per heavy atom. The average molecular weight is 227 g/mol. The van der Waals surface area contributed by atoms with Gasteiger partial charge in [0.05, 0.1) is 12.2 Å². The highest BCUT2D eigenvalue weighted by Gasteiger charge is 2.36. The Morgan fingerprint density at radius 3 is 2.56 bits per heavy atom. The van der Waals surface area contributed by atoms with Crippen LogP contribution in [0.25, 0.3) is 0 Å². The fourth-order valence-corrected chi connectivity index (χ4v) is 3.15. The summed E-state index contributed by atoms with van der Waals surface area (Å²) in [6.07, 6.45) is 6.41. The third kappa shape index (κ3) is 2.76. The highest BCUT2D eigenvalue weighted by molar-refractivity contribution is 4.91. The van der Waals surface area contributed by atoms with Gasteiger partial charge in [0.2, 0.25) is 0 Å². The summed E-state index contributed by atoms with van der Waals surface area (Å²) in [5.41, 5.74) is -0.482. The molecule has 0 bridgehead atoms. The molecule has 2 aliphatic rings. The van der Waals surface area contributed by atoms with Gasteiger partial charge in [0.1, 0.15) is 0 Å². The molecule has 2 fully saturated rings. The fourth-order valence-electron chi connectivity index (χ4n) is 3.15. The number of hydrogen-bond acceptors (Lipinski definition) is 3. The van der Waals surface area contributed by atoms with Crippen molar-refractivity contribution >= 4 is 0 Å². The van der Waals surface area contributed by atoms with Crippen LogP contribution < -0.4 is 0 Å². The zero-order chi connectivity index (χ0) is 11.6. The van der Waals surface area contributed by atoms with Gasteiger partial charge in [-0.2, -0.15) is 0 Å². The van der Waals surface area contributed by atoms with Crippen LogP contribution in [-0.2, 0) is 0 Å². The van der Waals surface area contributed by atoms with Gasteiger partial charge in [-0.3, -0.25) is 4.90 Å². The summed E-state index contributed by atoms with van der Waals surface area (Å²) in [4.78, 5) is 2.29. The predicted molar refractivity (Wildman–Crippen MR) is 64.3 cm³/mol. The summed E-state index contributed by atoms with van der Waals surface area (Å²) in [7, 11) is 0. The summed E-state index contributed by atoms with van der Waals surface area (Å²) in [6, 6.07) is 0.295. The van der Waals surface area contributed by atoms with Crippen LogP contribution in [0.4, 0.5) is 0 Å². The molecule has 2 N–H and O–H groups in total. The van der Waals surface area contributed by atoms with Gasteiger partial charge in [0, 0.05) is 12.6 Å². The quantitative estimate of drug-likeness (QED) is 0.765. The summed E-state index contributed by atoms with van der Waals surface area (Å²) >= 11 is 0. The molecule has 1 heterocycles. The first-order valence-corrected chi connectivity index (χ1v) is 6.70. The van der Waals surface area contributed by atoms with Crippen molar-refractivity contribution in [2.24, 2.45) is 5.92 Å². The van der Waals surface area contributed by atoms with Gasteiger partial charge in [-0.1, -0.05) is 6.92 Å². The lowest BCUT2D eigenvalue weighted by molar-refractivity contribution is -0.0411. The molecular formula is C13H25NO2. The number of aliphatic hydroxyl groups is 2. The first-order chi connectivity index (χ1) is 7.63. The first kappa shape index (κ1) is 12.3. The monoisotopic (exact) mass is 227 g/mol. The van der Waals surface area contributed by atoms with Crippen molar-refractivity contribution < 1.29 is 10.2 Å². The molecule has 0 aromatic carbocycles. The van der Waals surface area contributed by atoms with E-state index in [0.717, 1.165) is 57.5 Å². The van der Waals surface area contributed by atoms with Crippen molar-refractivity contribution in [1.82, 2.24) is 4.90 Å². The molecule has 0 radical (unpaired) electrons. The van der Waals surface area contributed by atoms with E-state index in [0.29, 0.717) is 6.04 Å². The molecule has 0 aromatic heterocycles. The molecule has 0 aromatic rings. The first-order valence-electron chi connectivity index (χ1n) is 6.70. The third-order valence-electron chi connectivity index (χ3n) is 4.41. The number of β-amino-alcohol motifs (C(OH)–C–C–N with tert-alkyl or cyclic N) is 1. The molecule has 1 saturated carbocycles. The van der Waals surface area contributed by atoms with Gasteiger partial charge in [0.25, 0.3) is 0 Å². The van der Waals surface area contributed by atoms with E-state index < -0.39 is 5.60 Å². The molecule has 0 amide bonds. The Morgan fingerprint density at radius 2 is 1.94 bits per heavy atom. The SMILES string of the molecule is CC1CCC(O)(CN2CCCC2CO)CC1. The summed E-state index contributed by atoms with van der Waals surface area (Å²) in [6.45, 7) is 4.33. The lowest BCUT2D eigenvalue weighted by atomic mass is 9.79. The standard InChI is InChI=1S/C13H25NO2/c1-11-4-6-13(16,7-5-11)10-14-8-2-3-12(14)9-15/h11-12,15-16H,2-10H2,1H3. The molecular weight excluding hydrogens is 202 g/mol. The highest BCUT2D eigenvalue weighted by atomic mass is 16.3. The van der Waals surface area contributed by atoms with Gasteiger partial charge in [-0.25, -0.2) is 0 Å². The Kier molecular flexibility index (Phi) is 3.88. The van der Waals surface area contributed by atoms with Gasteiger partial charge in [-0.15, -0.1) is 0 Å². The fraction of sp³-hybridized carbons (Fsp3) is 1.00. The Balaban J connectivity index is 1.88. The Bertz CT molecular complexity index is 224. The minimum Gasteiger partial charge on any atom is -0.395 e. The maximum Gasteiger partial charge on any atom is 0.0774 e. The topological polar surface area (TPSA) is 43.7 Å². The molecule has 0 spiro atoms. The van der Waals surface area contributed by atoms with Crippen molar-refractivity contribution in [3.63, 3.8) is 0 Å². The van der Waals surface area contributed by atoms with E-state index in [9.17, 15) is 10.2 Å². The Labute approximate surface area is 98.5 Å². The van der Waals surface area contributed by atoms with E-state index in [4.69, 9.17) is 0 Å². The van der Waals surface area contributed by atoms with Crippen LogP contribution in [0.5, 0.6) is 0 Å². The predicted octanol–water partition coefficient (Wildman–Crippen LogP) is 1.38. The summed E-state index contributed by atoms with van der Waals surface area (Å²) in [5.74, 6) is 0.771. The van der Waals surface area contributed by atoms with Crippen LogP contribution in [0.15, 0.2) is 0 Å². The number of likely N-dealkylation sites (tertiary alicyclic amines) is 1. The molecule has 1 atom stereocenters. The summed E-state index contributed by atoms with van der Waals surface area (Å²) < 4.78 is 0. The van der Waals surface area contributed by atoms with E-state index in [1.807, 2.05) is 0 Å². The van der Waals surface area contributed by atoms with E-state index in [-0.39, 0.29) is 6.61 Å². The molecule has 1 unspecified atom stereocenters. The van der Waals surface area contributed by atoms with Gasteiger partial charge < -0.3 is 10.2 Å². The van der Waals surface area contributed by atoms with Gasteiger partial charge in [-0.05, 0) is 51.0 Å². The normalized spacial score (nSPS) is 41.4. The van der Waals surface area contributed by atoms with Crippen LogP contribution in [0.2, 0.25) is 0 Å². The highest BCUT2D eigenvalue weighted by Crippen LogP contribution is 2.33.